The summed E-state index contributed by atoms with van der Waals surface area (Å²) in [6.07, 6.45) is 11.6. The standard InChI is InChI=1S/C30H31NO2/c32-19-10-12-20-18(17-19)9-11-22-21(20)13-14-24-23(22)15-16-29(24)33-30-25-5-1-3-7-27(25)31-28-8-4-2-6-26(28)30/h1-8,17,20-24,29H,9-16H2/t20-,21+,22+,23-,24-,29-/m0/s1. The number of rotatable bonds is 2. The highest BCUT2D eigenvalue weighted by Gasteiger charge is 2.51. The van der Waals surface area contributed by atoms with Crippen molar-refractivity contribution in [3.8, 4) is 5.75 Å². The monoisotopic (exact) mass is 437 g/mol. The first kappa shape index (κ1) is 19.8. The second-order valence-electron chi connectivity index (χ2n) is 10.8. The molecule has 1 heterocycles. The van der Waals surface area contributed by atoms with Gasteiger partial charge in [-0.2, -0.15) is 0 Å². The van der Waals surface area contributed by atoms with Gasteiger partial charge in [0.1, 0.15) is 11.9 Å². The maximum Gasteiger partial charge on any atom is 0.155 e. The van der Waals surface area contributed by atoms with Gasteiger partial charge >= 0.3 is 0 Å². The summed E-state index contributed by atoms with van der Waals surface area (Å²) >= 11 is 0. The van der Waals surface area contributed by atoms with E-state index in [4.69, 9.17) is 9.72 Å². The van der Waals surface area contributed by atoms with E-state index in [0.717, 1.165) is 71.0 Å². The highest BCUT2D eigenvalue weighted by atomic mass is 16.5. The third kappa shape index (κ3) is 3.15. The number of fused-ring (bicyclic) bond motifs is 7. The molecule has 0 N–H and O–H groups in total. The summed E-state index contributed by atoms with van der Waals surface area (Å²) in [6, 6.07) is 16.8. The van der Waals surface area contributed by atoms with Crippen LogP contribution < -0.4 is 4.74 Å². The molecule has 3 saturated carbocycles. The average molecular weight is 438 g/mol. The maximum atomic E-state index is 12.0. The lowest BCUT2D eigenvalue weighted by atomic mass is 9.56. The number of ketones is 1. The molecule has 7 rings (SSSR count). The number of para-hydroxylation sites is 2. The zero-order chi connectivity index (χ0) is 21.9. The number of hydrogen-bond acceptors (Lipinski definition) is 3. The third-order valence-corrected chi connectivity index (χ3v) is 9.36. The molecule has 0 saturated heterocycles. The molecule has 4 aliphatic carbocycles. The van der Waals surface area contributed by atoms with E-state index in [1.165, 1.54) is 31.3 Å². The van der Waals surface area contributed by atoms with Crippen molar-refractivity contribution in [2.45, 2.75) is 57.5 Å². The minimum absolute atomic E-state index is 0.301. The van der Waals surface area contributed by atoms with Gasteiger partial charge in [0, 0.05) is 17.2 Å². The highest BCUT2D eigenvalue weighted by Crippen LogP contribution is 2.57. The first-order valence-electron chi connectivity index (χ1n) is 12.9. The van der Waals surface area contributed by atoms with Gasteiger partial charge in [-0.25, -0.2) is 4.98 Å². The zero-order valence-corrected chi connectivity index (χ0v) is 19.1. The first-order valence-corrected chi connectivity index (χ1v) is 12.9. The minimum atomic E-state index is 0.301. The minimum Gasteiger partial charge on any atom is -0.489 e. The van der Waals surface area contributed by atoms with Crippen LogP contribution in [0.2, 0.25) is 0 Å². The van der Waals surface area contributed by atoms with E-state index in [9.17, 15) is 4.79 Å². The number of carbonyl (C=O) groups is 1. The second-order valence-corrected chi connectivity index (χ2v) is 10.8. The van der Waals surface area contributed by atoms with Crippen LogP contribution in [0.1, 0.15) is 51.4 Å². The SMILES string of the molecule is O=C1C=C2CC[C@H]3[C@@H]4CC[C@H](Oc5c6ccccc6nc6ccccc56)[C@H]4CC[C@@H]3[C@H]2CC1. The Balaban J connectivity index is 1.19. The summed E-state index contributed by atoms with van der Waals surface area (Å²) in [5.74, 6) is 5.12. The fraction of sp³-hybridized carbons (Fsp3) is 0.467. The van der Waals surface area contributed by atoms with Crippen LogP contribution in [-0.4, -0.2) is 16.9 Å². The Morgan fingerprint density at radius 3 is 2.15 bits per heavy atom. The molecule has 0 aliphatic heterocycles. The van der Waals surface area contributed by atoms with Gasteiger partial charge in [-0.3, -0.25) is 4.79 Å². The van der Waals surface area contributed by atoms with Gasteiger partial charge < -0.3 is 4.74 Å². The smallest absolute Gasteiger partial charge is 0.155 e. The van der Waals surface area contributed by atoms with Crippen molar-refractivity contribution in [2.24, 2.45) is 29.6 Å². The van der Waals surface area contributed by atoms with Gasteiger partial charge in [0.25, 0.3) is 0 Å². The summed E-state index contributed by atoms with van der Waals surface area (Å²) in [7, 11) is 0. The van der Waals surface area contributed by atoms with E-state index in [0.29, 0.717) is 23.7 Å². The Bertz CT molecular complexity index is 1220. The van der Waals surface area contributed by atoms with Crippen molar-refractivity contribution in [3.05, 3.63) is 60.2 Å². The van der Waals surface area contributed by atoms with Crippen molar-refractivity contribution < 1.29 is 9.53 Å². The first-order chi connectivity index (χ1) is 16.3. The molecule has 6 atom stereocenters. The molecule has 3 heteroatoms. The van der Waals surface area contributed by atoms with Gasteiger partial charge in [-0.1, -0.05) is 29.8 Å². The molecule has 0 spiro atoms. The molecule has 3 aromatic rings. The Morgan fingerprint density at radius 1 is 0.697 bits per heavy atom. The molecule has 0 unspecified atom stereocenters. The largest absolute Gasteiger partial charge is 0.489 e. The second kappa shape index (κ2) is 7.68. The number of benzene rings is 2. The van der Waals surface area contributed by atoms with Gasteiger partial charge in [0.05, 0.1) is 11.0 Å². The summed E-state index contributed by atoms with van der Waals surface area (Å²) < 4.78 is 6.98. The Labute approximate surface area is 195 Å². The fourth-order valence-corrected chi connectivity index (χ4v) is 8.01. The summed E-state index contributed by atoms with van der Waals surface area (Å²) in [4.78, 5) is 16.8. The van der Waals surface area contributed by atoms with E-state index in [-0.39, 0.29) is 0 Å². The zero-order valence-electron chi connectivity index (χ0n) is 19.1. The number of hydrogen-bond donors (Lipinski definition) is 0. The highest BCUT2D eigenvalue weighted by molar-refractivity contribution is 6.00. The van der Waals surface area contributed by atoms with Crippen molar-refractivity contribution in [2.75, 3.05) is 0 Å². The molecule has 1 aromatic heterocycles. The number of carbonyl (C=O) groups excluding carboxylic acids is 1. The number of pyridine rings is 1. The molecule has 0 bridgehead atoms. The van der Waals surface area contributed by atoms with E-state index in [2.05, 4.69) is 48.5 Å². The molecule has 4 aliphatic rings. The normalized spacial score (nSPS) is 33.3. The van der Waals surface area contributed by atoms with E-state index >= 15 is 0 Å². The van der Waals surface area contributed by atoms with Crippen LogP contribution in [0.25, 0.3) is 21.8 Å². The van der Waals surface area contributed by atoms with Crippen LogP contribution >= 0.6 is 0 Å². The lowest BCUT2D eigenvalue weighted by molar-refractivity contribution is -0.115. The van der Waals surface area contributed by atoms with E-state index in [1.807, 2.05) is 6.08 Å². The van der Waals surface area contributed by atoms with Gasteiger partial charge in [-0.05, 0) is 105 Å². The average Bonchev–Trinajstić information content (AvgIpc) is 3.26. The fourth-order valence-electron chi connectivity index (χ4n) is 8.01. The Kier molecular flexibility index (Phi) is 4.60. The van der Waals surface area contributed by atoms with Crippen LogP contribution in [0, 0.1) is 29.6 Å². The van der Waals surface area contributed by atoms with Crippen LogP contribution in [-0.2, 0) is 4.79 Å². The van der Waals surface area contributed by atoms with Crippen molar-refractivity contribution in [3.63, 3.8) is 0 Å². The van der Waals surface area contributed by atoms with Crippen LogP contribution in [0.4, 0.5) is 0 Å². The number of allylic oxidation sites excluding steroid dienone is 1. The van der Waals surface area contributed by atoms with Crippen LogP contribution in [0.5, 0.6) is 5.75 Å². The van der Waals surface area contributed by atoms with E-state index in [1.54, 1.807) is 0 Å². The predicted molar refractivity (Wildman–Crippen MR) is 131 cm³/mol. The van der Waals surface area contributed by atoms with Gasteiger partial charge in [-0.15, -0.1) is 0 Å². The quantitative estimate of drug-likeness (QED) is 0.410. The third-order valence-electron chi connectivity index (χ3n) is 9.36. The number of aromatic nitrogens is 1. The topological polar surface area (TPSA) is 39.2 Å². The number of nitrogens with zero attached hydrogens (tertiary/aromatic N) is 1. The van der Waals surface area contributed by atoms with Crippen LogP contribution in [0.15, 0.2) is 60.2 Å². The molecular weight excluding hydrogens is 406 g/mol. The molecule has 33 heavy (non-hydrogen) atoms. The molecule has 0 amide bonds. The van der Waals surface area contributed by atoms with Crippen molar-refractivity contribution in [1.29, 1.82) is 0 Å². The molecule has 2 aromatic carbocycles. The molecule has 3 fully saturated rings. The summed E-state index contributed by atoms with van der Waals surface area (Å²) in [5, 5.41) is 2.26. The lowest BCUT2D eigenvalue weighted by Gasteiger charge is -2.49. The van der Waals surface area contributed by atoms with E-state index < -0.39 is 0 Å². The molecule has 0 radical (unpaired) electrons. The Morgan fingerprint density at radius 2 is 1.36 bits per heavy atom. The summed E-state index contributed by atoms with van der Waals surface area (Å²) in [5.41, 5.74) is 3.51. The van der Waals surface area contributed by atoms with Crippen molar-refractivity contribution in [1.82, 2.24) is 4.98 Å². The Hall–Kier alpha value is -2.68. The van der Waals surface area contributed by atoms with Crippen LogP contribution in [0.3, 0.4) is 0 Å². The van der Waals surface area contributed by atoms with Gasteiger partial charge in [0.2, 0.25) is 0 Å². The lowest BCUT2D eigenvalue weighted by Crippen LogP contribution is -2.43. The molecular formula is C30H31NO2. The predicted octanol–water partition coefficient (Wildman–Crippen LogP) is 6.89. The van der Waals surface area contributed by atoms with Crippen molar-refractivity contribution >= 4 is 27.6 Å². The maximum absolute atomic E-state index is 12.0. The number of ether oxygens (including phenoxy) is 1. The molecule has 168 valence electrons. The van der Waals surface area contributed by atoms with Gasteiger partial charge in [0.15, 0.2) is 5.78 Å². The molecule has 3 nitrogen and oxygen atoms in total. The summed E-state index contributed by atoms with van der Waals surface area (Å²) in [6.45, 7) is 0.